The Labute approximate surface area is 127 Å². The van der Waals surface area contributed by atoms with Crippen molar-refractivity contribution in [3.63, 3.8) is 0 Å². The Balaban J connectivity index is 1.70. The first-order chi connectivity index (χ1) is 10.5. The van der Waals surface area contributed by atoms with Crippen LogP contribution in [0.15, 0.2) is 18.2 Å². The van der Waals surface area contributed by atoms with Gasteiger partial charge in [0.05, 0.1) is 10.5 Å². The van der Waals surface area contributed by atoms with Crippen molar-refractivity contribution in [1.82, 2.24) is 5.32 Å². The minimum atomic E-state index is -0.810. The molecule has 1 aromatic rings. The van der Waals surface area contributed by atoms with Gasteiger partial charge in [0, 0.05) is 24.2 Å². The van der Waals surface area contributed by atoms with E-state index in [2.05, 4.69) is 10.6 Å². The van der Waals surface area contributed by atoms with Crippen LogP contribution >= 0.6 is 0 Å². The lowest BCUT2D eigenvalue weighted by Crippen LogP contribution is -2.47. The van der Waals surface area contributed by atoms with E-state index in [1.165, 1.54) is 6.07 Å². The van der Waals surface area contributed by atoms with Gasteiger partial charge in [0.15, 0.2) is 0 Å². The van der Waals surface area contributed by atoms with Crippen LogP contribution < -0.4 is 10.6 Å². The normalized spacial score (nSPS) is 19.1. The van der Waals surface area contributed by atoms with Gasteiger partial charge < -0.3 is 15.7 Å². The van der Waals surface area contributed by atoms with Crippen LogP contribution in [0.2, 0.25) is 0 Å². The highest BCUT2D eigenvalue weighted by Gasteiger charge is 2.34. The smallest absolute Gasteiger partial charge is 0.293 e. The predicted molar refractivity (Wildman–Crippen MR) is 80.9 cm³/mol. The SMILES string of the molecule is O=C(NCC1(O)CCC1)c1ccc(NC2CC2)c([N+](=O)[O-])c1. The fourth-order valence-corrected chi connectivity index (χ4v) is 2.50. The monoisotopic (exact) mass is 305 g/mol. The largest absolute Gasteiger partial charge is 0.388 e. The minimum absolute atomic E-state index is 0.0955. The molecule has 0 radical (unpaired) electrons. The first-order valence-electron chi connectivity index (χ1n) is 7.52. The highest BCUT2D eigenvalue weighted by atomic mass is 16.6. The molecule has 118 valence electrons. The zero-order valence-electron chi connectivity index (χ0n) is 12.2. The van der Waals surface area contributed by atoms with Gasteiger partial charge in [-0.1, -0.05) is 0 Å². The van der Waals surface area contributed by atoms with E-state index in [1.807, 2.05) is 0 Å². The van der Waals surface area contributed by atoms with Crippen LogP contribution in [-0.4, -0.2) is 34.1 Å². The number of hydrogen-bond donors (Lipinski definition) is 3. The summed E-state index contributed by atoms with van der Waals surface area (Å²) < 4.78 is 0. The topological polar surface area (TPSA) is 104 Å². The molecule has 2 aliphatic carbocycles. The molecule has 0 spiro atoms. The molecule has 3 rings (SSSR count). The van der Waals surface area contributed by atoms with E-state index in [1.54, 1.807) is 12.1 Å². The number of nitro benzene ring substituents is 1. The second-order valence-electron chi connectivity index (χ2n) is 6.17. The number of aliphatic hydroxyl groups is 1. The van der Waals surface area contributed by atoms with Crippen LogP contribution in [0.5, 0.6) is 0 Å². The predicted octanol–water partition coefficient (Wildman–Crippen LogP) is 1.81. The van der Waals surface area contributed by atoms with E-state index in [0.29, 0.717) is 24.6 Å². The van der Waals surface area contributed by atoms with Crippen molar-refractivity contribution in [2.24, 2.45) is 0 Å². The van der Waals surface area contributed by atoms with E-state index in [-0.39, 0.29) is 17.8 Å². The molecule has 7 nitrogen and oxygen atoms in total. The van der Waals surface area contributed by atoms with Gasteiger partial charge in [-0.25, -0.2) is 0 Å². The van der Waals surface area contributed by atoms with Crippen LogP contribution in [0.25, 0.3) is 0 Å². The average molecular weight is 305 g/mol. The Morgan fingerprint density at radius 3 is 2.68 bits per heavy atom. The highest BCUT2D eigenvalue weighted by Crippen LogP contribution is 2.32. The molecule has 3 N–H and O–H groups in total. The highest BCUT2D eigenvalue weighted by molar-refractivity contribution is 5.95. The lowest BCUT2D eigenvalue weighted by atomic mass is 9.80. The van der Waals surface area contributed by atoms with Crippen molar-refractivity contribution in [2.75, 3.05) is 11.9 Å². The number of carbonyl (C=O) groups is 1. The summed E-state index contributed by atoms with van der Waals surface area (Å²) in [5.74, 6) is -0.401. The number of amides is 1. The van der Waals surface area contributed by atoms with Crippen LogP contribution in [-0.2, 0) is 0 Å². The Morgan fingerprint density at radius 1 is 1.41 bits per heavy atom. The molecule has 1 amide bonds. The third-order valence-electron chi connectivity index (χ3n) is 4.26. The minimum Gasteiger partial charge on any atom is -0.388 e. The molecular weight excluding hydrogens is 286 g/mol. The quantitative estimate of drug-likeness (QED) is 0.549. The molecule has 1 aromatic carbocycles. The summed E-state index contributed by atoms with van der Waals surface area (Å²) in [5.41, 5.74) is -0.228. The summed E-state index contributed by atoms with van der Waals surface area (Å²) in [6.07, 6.45) is 4.34. The van der Waals surface area contributed by atoms with Crippen LogP contribution in [0.4, 0.5) is 11.4 Å². The van der Waals surface area contributed by atoms with E-state index in [9.17, 15) is 20.0 Å². The third-order valence-corrected chi connectivity index (χ3v) is 4.26. The summed E-state index contributed by atoms with van der Waals surface area (Å²) >= 11 is 0. The zero-order chi connectivity index (χ0) is 15.7. The van der Waals surface area contributed by atoms with Crippen LogP contribution in [0.3, 0.4) is 0 Å². The van der Waals surface area contributed by atoms with Gasteiger partial charge in [-0.15, -0.1) is 0 Å². The van der Waals surface area contributed by atoms with Crippen molar-refractivity contribution in [3.8, 4) is 0 Å². The first kappa shape index (κ1) is 14.8. The van der Waals surface area contributed by atoms with Gasteiger partial charge >= 0.3 is 0 Å². The number of rotatable bonds is 6. The molecular formula is C15H19N3O4. The Hall–Kier alpha value is -2.15. The molecule has 0 aliphatic heterocycles. The van der Waals surface area contributed by atoms with Gasteiger partial charge in [0.2, 0.25) is 0 Å². The zero-order valence-corrected chi connectivity index (χ0v) is 12.2. The van der Waals surface area contributed by atoms with E-state index in [4.69, 9.17) is 0 Å². The standard InChI is InChI=1S/C15H19N3O4/c19-14(16-9-15(20)6-1-7-15)10-2-5-12(17-11-3-4-11)13(8-10)18(21)22/h2,5,8,11,17,20H,1,3-4,6-7,9H2,(H,16,19). The molecule has 22 heavy (non-hydrogen) atoms. The maximum Gasteiger partial charge on any atom is 0.293 e. The second kappa shape index (κ2) is 5.57. The maximum atomic E-state index is 12.1. The molecule has 0 bridgehead atoms. The summed E-state index contributed by atoms with van der Waals surface area (Å²) in [5, 5.41) is 26.9. The Bertz CT molecular complexity index is 609. The van der Waals surface area contributed by atoms with E-state index >= 15 is 0 Å². The summed E-state index contributed by atoms with van der Waals surface area (Å²) in [4.78, 5) is 22.8. The fourth-order valence-electron chi connectivity index (χ4n) is 2.50. The number of anilines is 1. The van der Waals surface area contributed by atoms with Gasteiger partial charge in [0.25, 0.3) is 11.6 Å². The van der Waals surface area contributed by atoms with Crippen molar-refractivity contribution < 1.29 is 14.8 Å². The summed E-state index contributed by atoms with van der Waals surface area (Å²) in [6, 6.07) is 4.72. The molecule has 0 unspecified atom stereocenters. The van der Waals surface area contributed by atoms with Gasteiger partial charge in [-0.2, -0.15) is 0 Å². The van der Waals surface area contributed by atoms with Crippen LogP contribution in [0.1, 0.15) is 42.5 Å². The number of hydrogen-bond acceptors (Lipinski definition) is 5. The number of carbonyl (C=O) groups excluding carboxylic acids is 1. The van der Waals surface area contributed by atoms with Crippen molar-refractivity contribution in [1.29, 1.82) is 0 Å². The molecule has 0 atom stereocenters. The van der Waals surface area contributed by atoms with E-state index < -0.39 is 16.4 Å². The van der Waals surface area contributed by atoms with Crippen LogP contribution in [0, 0.1) is 10.1 Å². The second-order valence-corrected chi connectivity index (χ2v) is 6.17. The van der Waals surface area contributed by atoms with Crippen molar-refractivity contribution in [2.45, 2.75) is 43.7 Å². The third kappa shape index (κ3) is 3.19. The number of nitrogens with zero attached hydrogens (tertiary/aromatic N) is 1. The molecule has 7 heteroatoms. The lowest BCUT2D eigenvalue weighted by molar-refractivity contribution is -0.384. The van der Waals surface area contributed by atoms with Crippen molar-refractivity contribution in [3.05, 3.63) is 33.9 Å². The number of nitrogens with one attached hydrogen (secondary N) is 2. The molecule has 2 fully saturated rings. The van der Waals surface area contributed by atoms with Crippen molar-refractivity contribution >= 4 is 17.3 Å². The molecule has 2 aliphatic rings. The number of benzene rings is 1. The Kier molecular flexibility index (Phi) is 3.74. The lowest BCUT2D eigenvalue weighted by Gasteiger charge is -2.36. The molecule has 0 aromatic heterocycles. The van der Waals surface area contributed by atoms with Gasteiger partial charge in [-0.3, -0.25) is 14.9 Å². The maximum absolute atomic E-state index is 12.1. The summed E-state index contributed by atoms with van der Waals surface area (Å²) in [6.45, 7) is 0.182. The summed E-state index contributed by atoms with van der Waals surface area (Å²) in [7, 11) is 0. The fraction of sp³-hybridized carbons (Fsp3) is 0.533. The molecule has 0 heterocycles. The Morgan fingerprint density at radius 2 is 2.14 bits per heavy atom. The molecule has 0 saturated heterocycles. The number of nitro groups is 1. The first-order valence-corrected chi connectivity index (χ1v) is 7.52. The van der Waals surface area contributed by atoms with Gasteiger partial charge in [-0.05, 0) is 44.2 Å². The average Bonchev–Trinajstić information content (AvgIpc) is 3.27. The van der Waals surface area contributed by atoms with E-state index in [0.717, 1.165) is 19.3 Å². The van der Waals surface area contributed by atoms with Gasteiger partial charge in [0.1, 0.15) is 5.69 Å². The molecule has 2 saturated carbocycles.